The standard InChI is InChI=1S/C17H28O2/c1-5-6-14(4)19-12-17(18)16-9-7-15(8-10-16)11-13(2)3/h7-10,13-14,17-18H,5-6,11-12H2,1-4H3. The molecule has 0 radical (unpaired) electrons. The van der Waals surface area contributed by atoms with Gasteiger partial charge >= 0.3 is 0 Å². The summed E-state index contributed by atoms with van der Waals surface area (Å²) in [5.41, 5.74) is 2.27. The Hall–Kier alpha value is -0.860. The van der Waals surface area contributed by atoms with Crippen molar-refractivity contribution in [1.29, 1.82) is 0 Å². The molecule has 1 N–H and O–H groups in total. The number of rotatable bonds is 8. The third kappa shape index (κ3) is 6.22. The van der Waals surface area contributed by atoms with Crippen molar-refractivity contribution in [3.05, 3.63) is 35.4 Å². The van der Waals surface area contributed by atoms with E-state index in [-0.39, 0.29) is 6.10 Å². The van der Waals surface area contributed by atoms with Gasteiger partial charge in [0.15, 0.2) is 0 Å². The minimum Gasteiger partial charge on any atom is -0.386 e. The maximum Gasteiger partial charge on any atom is 0.102 e. The van der Waals surface area contributed by atoms with E-state index in [2.05, 4.69) is 39.8 Å². The van der Waals surface area contributed by atoms with Crippen LogP contribution >= 0.6 is 0 Å². The predicted octanol–water partition coefficient (Wildman–Crippen LogP) is 4.12. The molecule has 0 aromatic heterocycles. The van der Waals surface area contributed by atoms with Crippen LogP contribution in [0.25, 0.3) is 0 Å². The van der Waals surface area contributed by atoms with Gasteiger partial charge in [-0.2, -0.15) is 0 Å². The molecule has 19 heavy (non-hydrogen) atoms. The Morgan fingerprint density at radius 1 is 1.11 bits per heavy atom. The predicted molar refractivity (Wildman–Crippen MR) is 80.3 cm³/mol. The van der Waals surface area contributed by atoms with Crippen LogP contribution in [0.2, 0.25) is 0 Å². The third-order valence-electron chi connectivity index (χ3n) is 3.24. The molecule has 0 bridgehead atoms. The molecule has 0 aliphatic heterocycles. The first-order chi connectivity index (χ1) is 9.02. The normalized spacial score (nSPS) is 14.6. The van der Waals surface area contributed by atoms with Crippen LogP contribution in [0.15, 0.2) is 24.3 Å². The van der Waals surface area contributed by atoms with Crippen LogP contribution in [0.3, 0.4) is 0 Å². The molecular weight excluding hydrogens is 236 g/mol. The van der Waals surface area contributed by atoms with Gasteiger partial charge < -0.3 is 9.84 Å². The van der Waals surface area contributed by atoms with Gasteiger partial charge in [0, 0.05) is 0 Å². The van der Waals surface area contributed by atoms with Crippen molar-refractivity contribution in [2.45, 2.75) is 59.2 Å². The highest BCUT2D eigenvalue weighted by atomic mass is 16.5. The zero-order valence-corrected chi connectivity index (χ0v) is 12.7. The highest BCUT2D eigenvalue weighted by Gasteiger charge is 2.10. The Morgan fingerprint density at radius 3 is 2.26 bits per heavy atom. The molecular formula is C17H28O2. The quantitative estimate of drug-likeness (QED) is 0.765. The van der Waals surface area contributed by atoms with Crippen molar-refractivity contribution >= 4 is 0 Å². The van der Waals surface area contributed by atoms with Gasteiger partial charge in [0.2, 0.25) is 0 Å². The van der Waals surface area contributed by atoms with E-state index in [1.165, 1.54) is 5.56 Å². The molecule has 0 heterocycles. The van der Waals surface area contributed by atoms with E-state index >= 15 is 0 Å². The minimum atomic E-state index is -0.521. The molecule has 1 aromatic carbocycles. The first-order valence-electron chi connectivity index (χ1n) is 7.41. The van der Waals surface area contributed by atoms with Crippen LogP contribution in [-0.4, -0.2) is 17.8 Å². The SMILES string of the molecule is CCCC(C)OCC(O)c1ccc(CC(C)C)cc1. The van der Waals surface area contributed by atoms with Crippen LogP contribution in [0.5, 0.6) is 0 Å². The monoisotopic (exact) mass is 264 g/mol. The summed E-state index contributed by atoms with van der Waals surface area (Å²) in [6.07, 6.45) is 2.94. The van der Waals surface area contributed by atoms with E-state index in [0.29, 0.717) is 12.5 Å². The molecule has 2 heteroatoms. The molecule has 0 saturated carbocycles. The summed E-state index contributed by atoms with van der Waals surface area (Å²) in [7, 11) is 0. The number of hydrogen-bond donors (Lipinski definition) is 1. The van der Waals surface area contributed by atoms with Crippen molar-refractivity contribution in [2.75, 3.05) is 6.61 Å². The topological polar surface area (TPSA) is 29.5 Å². The highest BCUT2D eigenvalue weighted by molar-refractivity contribution is 5.24. The van der Waals surface area contributed by atoms with Gasteiger partial charge in [0.1, 0.15) is 6.10 Å². The Kier molecular flexibility index (Phi) is 7.11. The number of ether oxygens (including phenoxy) is 1. The van der Waals surface area contributed by atoms with Crippen LogP contribution in [0.4, 0.5) is 0 Å². The molecule has 2 atom stereocenters. The summed E-state index contributed by atoms with van der Waals surface area (Å²) in [5.74, 6) is 0.661. The second kappa shape index (κ2) is 8.34. The molecule has 108 valence electrons. The van der Waals surface area contributed by atoms with E-state index in [4.69, 9.17) is 4.74 Å². The molecule has 1 rings (SSSR count). The molecule has 0 fully saturated rings. The van der Waals surface area contributed by atoms with E-state index < -0.39 is 6.10 Å². The van der Waals surface area contributed by atoms with E-state index in [9.17, 15) is 5.11 Å². The lowest BCUT2D eigenvalue weighted by molar-refractivity contribution is -0.00584. The lowest BCUT2D eigenvalue weighted by atomic mass is 10.0. The lowest BCUT2D eigenvalue weighted by Gasteiger charge is -2.16. The van der Waals surface area contributed by atoms with Crippen molar-refractivity contribution in [1.82, 2.24) is 0 Å². The molecule has 1 aromatic rings. The van der Waals surface area contributed by atoms with Crippen molar-refractivity contribution in [3.8, 4) is 0 Å². The number of hydrogen-bond acceptors (Lipinski definition) is 2. The molecule has 2 nitrogen and oxygen atoms in total. The average molecular weight is 264 g/mol. The summed E-state index contributed by atoms with van der Waals surface area (Å²) in [6, 6.07) is 8.23. The molecule has 0 aliphatic rings. The van der Waals surface area contributed by atoms with Crippen LogP contribution < -0.4 is 0 Å². The summed E-state index contributed by atoms with van der Waals surface area (Å²) < 4.78 is 5.64. The zero-order chi connectivity index (χ0) is 14.3. The first-order valence-corrected chi connectivity index (χ1v) is 7.41. The second-order valence-electron chi connectivity index (χ2n) is 5.79. The number of aliphatic hydroxyl groups is 1. The minimum absolute atomic E-state index is 0.222. The summed E-state index contributed by atoms with van der Waals surface area (Å²) >= 11 is 0. The Morgan fingerprint density at radius 2 is 1.74 bits per heavy atom. The van der Waals surface area contributed by atoms with Gasteiger partial charge in [0.05, 0.1) is 12.7 Å². The molecule has 2 unspecified atom stereocenters. The van der Waals surface area contributed by atoms with Gasteiger partial charge in [-0.15, -0.1) is 0 Å². The van der Waals surface area contributed by atoms with E-state index in [1.54, 1.807) is 0 Å². The van der Waals surface area contributed by atoms with Gasteiger partial charge in [-0.1, -0.05) is 51.5 Å². The Balaban J connectivity index is 2.46. The van der Waals surface area contributed by atoms with E-state index in [0.717, 1.165) is 24.8 Å². The maximum atomic E-state index is 10.1. The summed E-state index contributed by atoms with van der Waals surface area (Å²) in [5, 5.41) is 10.1. The highest BCUT2D eigenvalue weighted by Crippen LogP contribution is 2.17. The summed E-state index contributed by atoms with van der Waals surface area (Å²) in [4.78, 5) is 0. The third-order valence-corrected chi connectivity index (χ3v) is 3.24. The van der Waals surface area contributed by atoms with Gasteiger partial charge in [-0.25, -0.2) is 0 Å². The molecule has 0 amide bonds. The smallest absolute Gasteiger partial charge is 0.102 e. The van der Waals surface area contributed by atoms with Crippen LogP contribution in [-0.2, 0) is 11.2 Å². The fraction of sp³-hybridized carbons (Fsp3) is 0.647. The van der Waals surface area contributed by atoms with Gasteiger partial charge in [-0.05, 0) is 36.8 Å². The number of benzene rings is 1. The largest absolute Gasteiger partial charge is 0.386 e. The van der Waals surface area contributed by atoms with Crippen LogP contribution in [0, 0.1) is 5.92 Å². The van der Waals surface area contributed by atoms with Gasteiger partial charge in [0.25, 0.3) is 0 Å². The maximum absolute atomic E-state index is 10.1. The lowest BCUT2D eigenvalue weighted by Crippen LogP contribution is -2.14. The number of aliphatic hydroxyl groups excluding tert-OH is 1. The molecule has 0 aliphatic carbocycles. The molecule has 0 spiro atoms. The summed E-state index contributed by atoms with van der Waals surface area (Å²) in [6.45, 7) is 9.01. The van der Waals surface area contributed by atoms with Crippen molar-refractivity contribution < 1.29 is 9.84 Å². The average Bonchev–Trinajstić information content (AvgIpc) is 2.36. The Labute approximate surface area is 117 Å². The van der Waals surface area contributed by atoms with E-state index in [1.807, 2.05) is 12.1 Å². The van der Waals surface area contributed by atoms with Crippen molar-refractivity contribution in [2.24, 2.45) is 5.92 Å². The fourth-order valence-corrected chi connectivity index (χ4v) is 2.19. The Bertz CT molecular complexity index is 343. The van der Waals surface area contributed by atoms with Crippen LogP contribution in [0.1, 0.15) is 57.8 Å². The fourth-order valence-electron chi connectivity index (χ4n) is 2.19. The van der Waals surface area contributed by atoms with Gasteiger partial charge in [-0.3, -0.25) is 0 Å². The first kappa shape index (κ1) is 16.2. The van der Waals surface area contributed by atoms with Crippen molar-refractivity contribution in [3.63, 3.8) is 0 Å². The molecule has 0 saturated heterocycles. The second-order valence-corrected chi connectivity index (χ2v) is 5.79. The zero-order valence-electron chi connectivity index (χ0n) is 12.7.